The van der Waals surface area contributed by atoms with Crippen molar-refractivity contribution < 1.29 is 21.6 Å². The zero-order chi connectivity index (χ0) is 29.9. The van der Waals surface area contributed by atoms with Gasteiger partial charge in [0.2, 0.25) is 20.0 Å². The fourth-order valence-electron chi connectivity index (χ4n) is 7.26. The van der Waals surface area contributed by atoms with E-state index in [0.29, 0.717) is 19.4 Å². The van der Waals surface area contributed by atoms with Gasteiger partial charge in [-0.2, -0.15) is 0 Å². The summed E-state index contributed by atoms with van der Waals surface area (Å²) in [6.07, 6.45) is 4.99. The summed E-state index contributed by atoms with van der Waals surface area (Å²) < 4.78 is 52.8. The molecule has 4 aliphatic rings. The van der Waals surface area contributed by atoms with Crippen molar-refractivity contribution >= 4 is 43.1 Å². The Kier molecular flexibility index (Phi) is 6.90. The van der Waals surface area contributed by atoms with Crippen molar-refractivity contribution in [3.63, 3.8) is 0 Å². The number of hydrogen-bond donors (Lipinski definition) is 5. The van der Waals surface area contributed by atoms with Crippen LogP contribution in [0.5, 0.6) is 0 Å². The van der Waals surface area contributed by atoms with Crippen LogP contribution in [0.25, 0.3) is 0 Å². The highest BCUT2D eigenvalue weighted by Crippen LogP contribution is 2.46. The number of anilines is 3. The molecule has 6 N–H and O–H groups in total. The van der Waals surface area contributed by atoms with Crippen LogP contribution in [0.4, 0.5) is 21.9 Å². The summed E-state index contributed by atoms with van der Waals surface area (Å²) >= 11 is 0. The highest BCUT2D eigenvalue weighted by Gasteiger charge is 2.35. The molecular weight excluding hydrogens is 587 g/mol. The highest BCUT2D eigenvalue weighted by molar-refractivity contribution is 7.90. The average Bonchev–Trinajstić information content (AvgIpc) is 3.63. The second-order valence-electron chi connectivity index (χ2n) is 12.1. The van der Waals surface area contributed by atoms with Gasteiger partial charge < -0.3 is 16.0 Å². The smallest absolute Gasteiger partial charge is 0.332 e. The minimum atomic E-state index is -3.93. The average molecular weight is 622 g/mol. The summed E-state index contributed by atoms with van der Waals surface area (Å²) in [6, 6.07) is 15.3. The Morgan fingerprint density at radius 3 is 2.37 bits per heavy atom. The van der Waals surface area contributed by atoms with Crippen molar-refractivity contribution in [3.8, 4) is 0 Å². The summed E-state index contributed by atoms with van der Waals surface area (Å²) in [4.78, 5) is 13.3. The molecule has 0 radical (unpaired) electrons. The molecule has 0 aromatic heterocycles. The third-order valence-electron chi connectivity index (χ3n) is 9.46. The van der Waals surface area contributed by atoms with E-state index in [9.17, 15) is 21.6 Å². The number of benzene rings is 3. The lowest BCUT2D eigenvalue weighted by molar-refractivity contribution is 0.256. The summed E-state index contributed by atoms with van der Waals surface area (Å²) in [7, 11) is -7.60. The normalized spacial score (nSPS) is 22.3. The fraction of sp³-hybridized carbons (Fsp3) is 0.387. The van der Waals surface area contributed by atoms with Gasteiger partial charge in [0.25, 0.3) is 0 Å². The van der Waals surface area contributed by atoms with Crippen LogP contribution in [0.2, 0.25) is 0 Å². The van der Waals surface area contributed by atoms with Gasteiger partial charge in [0.1, 0.15) is 5.25 Å². The SMILES string of the molecule is NS(=O)(=O)C1CNc2ccc(C3CCc4c3cc3c(c4NC(=O)NS(=O)(=O)C4CNc5ccccc5C4)CCC3)cc2C1. The van der Waals surface area contributed by atoms with E-state index < -0.39 is 36.6 Å². The van der Waals surface area contributed by atoms with Crippen molar-refractivity contribution in [1.82, 2.24) is 4.72 Å². The van der Waals surface area contributed by atoms with Crippen LogP contribution in [0.1, 0.15) is 57.7 Å². The van der Waals surface area contributed by atoms with Gasteiger partial charge in [0.15, 0.2) is 0 Å². The number of hydrogen-bond acceptors (Lipinski definition) is 7. The molecule has 7 rings (SSSR count). The minimum absolute atomic E-state index is 0.0850. The maximum atomic E-state index is 13.3. The van der Waals surface area contributed by atoms with Gasteiger partial charge in [-0.15, -0.1) is 0 Å². The molecule has 2 aliphatic carbocycles. The number of fused-ring (bicyclic) bond motifs is 4. The van der Waals surface area contributed by atoms with E-state index in [1.165, 1.54) is 5.56 Å². The molecule has 3 unspecified atom stereocenters. The summed E-state index contributed by atoms with van der Waals surface area (Å²) in [5.74, 6) is 0.0850. The van der Waals surface area contributed by atoms with Gasteiger partial charge in [-0.25, -0.2) is 31.5 Å². The molecule has 12 heteroatoms. The predicted molar refractivity (Wildman–Crippen MR) is 168 cm³/mol. The first-order valence-corrected chi connectivity index (χ1v) is 17.9. The Bertz CT molecular complexity index is 1860. The molecule has 0 saturated carbocycles. The number of nitrogens with two attached hydrogens (primary N) is 1. The quantitative estimate of drug-likeness (QED) is 0.292. The Morgan fingerprint density at radius 1 is 0.814 bits per heavy atom. The monoisotopic (exact) mass is 621 g/mol. The van der Waals surface area contributed by atoms with Gasteiger partial charge in [-0.3, -0.25) is 0 Å². The molecule has 0 spiro atoms. The standard InChI is InChI=1S/C31H35N5O5S2/c32-42(38,39)22-14-21-12-19(8-11-29(21)33-16-22)24-9-10-26-27(24)15-18-5-3-6-25(18)30(26)35-31(37)36-43(40,41)23-13-20-4-1-2-7-28(20)34-17-23/h1-2,4,7-8,11-12,15,22-24,33-34H,3,5-6,9-10,13-14,16-17H2,(H2,32,38,39)(H2,35,36,37). The van der Waals surface area contributed by atoms with Crippen LogP contribution in [0, 0.1) is 0 Å². The first kappa shape index (κ1) is 28.2. The molecule has 2 amide bonds. The lowest BCUT2D eigenvalue weighted by Crippen LogP contribution is -2.45. The van der Waals surface area contributed by atoms with E-state index in [-0.39, 0.29) is 12.5 Å². The van der Waals surface area contributed by atoms with Crippen molar-refractivity contribution in [1.29, 1.82) is 0 Å². The first-order valence-electron chi connectivity index (χ1n) is 14.8. The molecule has 2 aliphatic heterocycles. The van der Waals surface area contributed by atoms with Gasteiger partial charge in [0, 0.05) is 36.1 Å². The lowest BCUT2D eigenvalue weighted by atomic mass is 9.88. The molecule has 43 heavy (non-hydrogen) atoms. The Hall–Kier alpha value is -3.61. The largest absolute Gasteiger partial charge is 0.383 e. The molecule has 3 atom stereocenters. The number of nitrogens with one attached hydrogen (secondary N) is 4. The lowest BCUT2D eigenvalue weighted by Gasteiger charge is -2.26. The molecular formula is C31H35N5O5S2. The number of amides is 2. The van der Waals surface area contributed by atoms with Gasteiger partial charge in [0.05, 0.1) is 5.25 Å². The minimum Gasteiger partial charge on any atom is -0.383 e. The van der Waals surface area contributed by atoms with Crippen molar-refractivity contribution in [2.45, 2.75) is 61.4 Å². The molecule has 0 bridgehead atoms. The molecule has 0 saturated heterocycles. The van der Waals surface area contributed by atoms with Gasteiger partial charge in [-0.05, 0) is 96.0 Å². The number of urea groups is 1. The number of para-hydroxylation sites is 1. The number of carbonyl (C=O) groups excluding carboxylic acids is 1. The first-order chi connectivity index (χ1) is 20.6. The third-order valence-corrected chi connectivity index (χ3v) is 12.4. The number of primary sulfonamides is 1. The molecule has 3 aromatic rings. The summed E-state index contributed by atoms with van der Waals surface area (Å²) in [5, 5.41) is 13.3. The highest BCUT2D eigenvalue weighted by atomic mass is 32.2. The van der Waals surface area contributed by atoms with Crippen molar-refractivity contribution in [3.05, 3.63) is 87.5 Å². The Morgan fingerprint density at radius 2 is 1.56 bits per heavy atom. The zero-order valence-corrected chi connectivity index (χ0v) is 25.3. The Balaban J connectivity index is 1.14. The van der Waals surface area contributed by atoms with E-state index in [4.69, 9.17) is 5.14 Å². The van der Waals surface area contributed by atoms with E-state index in [0.717, 1.165) is 82.5 Å². The van der Waals surface area contributed by atoms with E-state index >= 15 is 0 Å². The van der Waals surface area contributed by atoms with Crippen LogP contribution in [-0.4, -0.2) is 46.5 Å². The second-order valence-corrected chi connectivity index (χ2v) is 15.9. The van der Waals surface area contributed by atoms with Crippen LogP contribution < -0.4 is 25.8 Å². The third kappa shape index (κ3) is 5.25. The molecule has 0 fully saturated rings. The second kappa shape index (κ2) is 10.5. The molecule has 10 nitrogen and oxygen atoms in total. The molecule has 226 valence electrons. The number of rotatable bonds is 5. The summed E-state index contributed by atoms with van der Waals surface area (Å²) in [6.45, 7) is 0.520. The molecule has 3 aromatic carbocycles. The zero-order valence-electron chi connectivity index (χ0n) is 23.6. The van der Waals surface area contributed by atoms with Gasteiger partial charge >= 0.3 is 6.03 Å². The van der Waals surface area contributed by atoms with Crippen LogP contribution in [0.3, 0.4) is 0 Å². The maximum Gasteiger partial charge on any atom is 0.332 e. The summed E-state index contributed by atoms with van der Waals surface area (Å²) in [5.41, 5.74) is 9.97. The number of carbonyl (C=O) groups is 1. The van der Waals surface area contributed by atoms with Crippen LogP contribution in [-0.2, 0) is 52.2 Å². The van der Waals surface area contributed by atoms with E-state index in [2.05, 4.69) is 38.9 Å². The fourth-order valence-corrected chi connectivity index (χ4v) is 9.17. The van der Waals surface area contributed by atoms with Crippen LogP contribution in [0.15, 0.2) is 48.5 Å². The molecule has 2 heterocycles. The number of sulfonamides is 2. The van der Waals surface area contributed by atoms with Gasteiger partial charge in [-0.1, -0.05) is 36.4 Å². The van der Waals surface area contributed by atoms with Crippen LogP contribution >= 0.6 is 0 Å². The van der Waals surface area contributed by atoms with E-state index in [1.54, 1.807) is 0 Å². The van der Waals surface area contributed by atoms with Crippen molar-refractivity contribution in [2.75, 3.05) is 29.0 Å². The Labute approximate surface area is 251 Å². The van der Waals surface area contributed by atoms with Crippen molar-refractivity contribution in [2.24, 2.45) is 5.14 Å². The number of aryl methyl sites for hydroxylation is 1. The predicted octanol–water partition coefficient (Wildman–Crippen LogP) is 3.37. The van der Waals surface area contributed by atoms with E-state index in [1.807, 2.05) is 30.3 Å². The maximum absolute atomic E-state index is 13.3. The topological polar surface area (TPSA) is 159 Å².